The standard InChI is InChI=1S/C14H20N2O2/c1-9(10-5-2-3-6-10)16-14(18)11-7-4-8-12(15)13(11)17/h4,7-10,17H,2-3,5-6,15H2,1H3,(H,16,18). The molecule has 0 saturated heterocycles. The zero-order chi connectivity index (χ0) is 13.1. The predicted molar refractivity (Wildman–Crippen MR) is 71.4 cm³/mol. The van der Waals surface area contributed by atoms with Crippen LogP contribution in [0.2, 0.25) is 0 Å². The number of phenols is 1. The van der Waals surface area contributed by atoms with Gasteiger partial charge in [0.25, 0.3) is 5.91 Å². The monoisotopic (exact) mass is 248 g/mol. The van der Waals surface area contributed by atoms with E-state index in [4.69, 9.17) is 5.73 Å². The average molecular weight is 248 g/mol. The Hall–Kier alpha value is -1.71. The van der Waals surface area contributed by atoms with Gasteiger partial charge in [0.05, 0.1) is 11.3 Å². The van der Waals surface area contributed by atoms with Gasteiger partial charge in [-0.1, -0.05) is 18.9 Å². The highest BCUT2D eigenvalue weighted by molar-refractivity contribution is 5.98. The van der Waals surface area contributed by atoms with Gasteiger partial charge in [-0.2, -0.15) is 0 Å². The van der Waals surface area contributed by atoms with Gasteiger partial charge >= 0.3 is 0 Å². The van der Waals surface area contributed by atoms with Gasteiger partial charge in [0.2, 0.25) is 0 Å². The number of anilines is 1. The van der Waals surface area contributed by atoms with Crippen molar-refractivity contribution in [1.29, 1.82) is 0 Å². The van der Waals surface area contributed by atoms with Crippen molar-refractivity contribution in [3.8, 4) is 5.75 Å². The summed E-state index contributed by atoms with van der Waals surface area (Å²) in [7, 11) is 0. The van der Waals surface area contributed by atoms with Crippen molar-refractivity contribution in [2.45, 2.75) is 38.6 Å². The average Bonchev–Trinajstić information content (AvgIpc) is 2.86. The van der Waals surface area contributed by atoms with E-state index in [1.165, 1.54) is 25.7 Å². The van der Waals surface area contributed by atoms with Crippen molar-refractivity contribution in [2.24, 2.45) is 5.92 Å². The topological polar surface area (TPSA) is 75.4 Å². The molecule has 1 atom stereocenters. The molecule has 4 heteroatoms. The van der Waals surface area contributed by atoms with Crippen LogP contribution in [0.25, 0.3) is 0 Å². The highest BCUT2D eigenvalue weighted by Crippen LogP contribution is 2.28. The second-order valence-corrected chi connectivity index (χ2v) is 5.05. The molecule has 1 saturated carbocycles. The summed E-state index contributed by atoms with van der Waals surface area (Å²) in [5.74, 6) is 0.171. The largest absolute Gasteiger partial charge is 0.505 e. The molecule has 0 spiro atoms. The Morgan fingerprint density at radius 3 is 2.78 bits per heavy atom. The first-order chi connectivity index (χ1) is 8.59. The van der Waals surface area contributed by atoms with E-state index in [2.05, 4.69) is 5.32 Å². The fourth-order valence-electron chi connectivity index (χ4n) is 2.60. The highest BCUT2D eigenvalue weighted by atomic mass is 16.3. The van der Waals surface area contributed by atoms with Crippen LogP contribution in [0.5, 0.6) is 5.75 Å². The van der Waals surface area contributed by atoms with E-state index in [0.717, 1.165) is 0 Å². The number of carbonyl (C=O) groups excluding carboxylic acids is 1. The fraction of sp³-hybridized carbons (Fsp3) is 0.500. The third-order valence-corrected chi connectivity index (χ3v) is 3.78. The Kier molecular flexibility index (Phi) is 3.75. The van der Waals surface area contributed by atoms with Crippen molar-refractivity contribution >= 4 is 11.6 Å². The Morgan fingerprint density at radius 2 is 2.11 bits per heavy atom. The zero-order valence-electron chi connectivity index (χ0n) is 10.6. The van der Waals surface area contributed by atoms with Crippen molar-refractivity contribution in [3.05, 3.63) is 23.8 Å². The molecule has 1 amide bonds. The minimum absolute atomic E-state index is 0.131. The lowest BCUT2D eigenvalue weighted by Crippen LogP contribution is -2.37. The second kappa shape index (κ2) is 5.29. The maximum absolute atomic E-state index is 12.1. The number of hydrogen-bond donors (Lipinski definition) is 3. The molecule has 1 aromatic rings. The predicted octanol–water partition coefficient (Wildman–Crippen LogP) is 2.28. The number of nitrogen functional groups attached to an aromatic ring is 1. The zero-order valence-corrected chi connectivity index (χ0v) is 10.6. The summed E-state index contributed by atoms with van der Waals surface area (Å²) in [6.07, 6.45) is 4.83. The van der Waals surface area contributed by atoms with Gasteiger partial charge in [-0.3, -0.25) is 4.79 Å². The maximum atomic E-state index is 12.1. The Bertz CT molecular complexity index is 439. The fourth-order valence-corrected chi connectivity index (χ4v) is 2.60. The molecule has 2 rings (SSSR count). The number of nitrogens with one attached hydrogen (secondary N) is 1. The third kappa shape index (κ3) is 2.58. The number of aromatic hydroxyl groups is 1. The summed E-state index contributed by atoms with van der Waals surface area (Å²) in [5, 5.41) is 12.7. The normalized spacial score (nSPS) is 17.6. The number of hydrogen-bond acceptors (Lipinski definition) is 3. The second-order valence-electron chi connectivity index (χ2n) is 5.05. The van der Waals surface area contributed by atoms with Crippen molar-refractivity contribution in [2.75, 3.05) is 5.73 Å². The summed E-state index contributed by atoms with van der Waals surface area (Å²) >= 11 is 0. The van der Waals surface area contributed by atoms with Crippen molar-refractivity contribution < 1.29 is 9.90 Å². The van der Waals surface area contributed by atoms with Crippen molar-refractivity contribution in [3.63, 3.8) is 0 Å². The van der Waals surface area contributed by atoms with Crippen LogP contribution >= 0.6 is 0 Å². The van der Waals surface area contributed by atoms with E-state index in [1.54, 1.807) is 18.2 Å². The quantitative estimate of drug-likeness (QED) is 0.567. The molecule has 1 aliphatic rings. The van der Waals surface area contributed by atoms with Gasteiger partial charge in [-0.15, -0.1) is 0 Å². The van der Waals surface area contributed by atoms with Gasteiger partial charge in [-0.25, -0.2) is 0 Å². The number of para-hydroxylation sites is 1. The molecule has 1 fully saturated rings. The van der Waals surface area contributed by atoms with Crippen LogP contribution in [0.4, 0.5) is 5.69 Å². The first-order valence-corrected chi connectivity index (χ1v) is 6.48. The first-order valence-electron chi connectivity index (χ1n) is 6.48. The lowest BCUT2D eigenvalue weighted by atomic mass is 9.99. The van der Waals surface area contributed by atoms with E-state index >= 15 is 0 Å². The molecule has 0 bridgehead atoms. The number of nitrogens with two attached hydrogens (primary N) is 1. The molecule has 4 nitrogen and oxygen atoms in total. The lowest BCUT2D eigenvalue weighted by molar-refractivity contribution is 0.0924. The molecule has 98 valence electrons. The Balaban J connectivity index is 2.05. The molecule has 0 aliphatic heterocycles. The van der Waals surface area contributed by atoms with E-state index in [-0.39, 0.29) is 28.9 Å². The van der Waals surface area contributed by atoms with Crippen LogP contribution in [0.15, 0.2) is 18.2 Å². The minimum atomic E-state index is -0.251. The molecule has 1 unspecified atom stereocenters. The summed E-state index contributed by atoms with van der Waals surface area (Å²) < 4.78 is 0. The van der Waals surface area contributed by atoms with Crippen LogP contribution in [0.1, 0.15) is 43.0 Å². The molecule has 18 heavy (non-hydrogen) atoms. The van der Waals surface area contributed by atoms with Gasteiger partial charge in [0.15, 0.2) is 5.75 Å². The molecular weight excluding hydrogens is 228 g/mol. The number of phenolic OH excluding ortho intramolecular Hbond substituents is 1. The van der Waals surface area contributed by atoms with Crippen molar-refractivity contribution in [1.82, 2.24) is 5.32 Å². The van der Waals surface area contributed by atoms with Crippen LogP contribution in [-0.4, -0.2) is 17.1 Å². The van der Waals surface area contributed by atoms with E-state index < -0.39 is 0 Å². The SMILES string of the molecule is CC(NC(=O)c1cccc(N)c1O)C1CCCC1. The molecule has 1 aliphatic carbocycles. The summed E-state index contributed by atoms with van der Waals surface area (Å²) in [6, 6.07) is 4.97. The van der Waals surface area contributed by atoms with E-state index in [9.17, 15) is 9.90 Å². The molecule has 0 radical (unpaired) electrons. The van der Waals surface area contributed by atoms with Crippen LogP contribution in [0, 0.1) is 5.92 Å². The minimum Gasteiger partial charge on any atom is -0.505 e. The smallest absolute Gasteiger partial charge is 0.255 e. The van der Waals surface area contributed by atoms with Gasteiger partial charge < -0.3 is 16.2 Å². The number of benzene rings is 1. The lowest BCUT2D eigenvalue weighted by Gasteiger charge is -2.20. The van der Waals surface area contributed by atoms with Gasteiger partial charge in [0, 0.05) is 6.04 Å². The molecule has 0 aromatic heterocycles. The first kappa shape index (κ1) is 12.7. The summed E-state index contributed by atoms with van der Waals surface area (Å²) in [5.41, 5.74) is 6.06. The molecule has 1 aromatic carbocycles. The third-order valence-electron chi connectivity index (χ3n) is 3.78. The Morgan fingerprint density at radius 1 is 1.44 bits per heavy atom. The summed E-state index contributed by atoms with van der Waals surface area (Å²) in [6.45, 7) is 2.03. The number of rotatable bonds is 3. The van der Waals surface area contributed by atoms with E-state index in [1.807, 2.05) is 6.92 Å². The number of carbonyl (C=O) groups is 1. The summed E-state index contributed by atoms with van der Waals surface area (Å²) in [4.78, 5) is 12.1. The van der Waals surface area contributed by atoms with Gasteiger partial charge in [-0.05, 0) is 37.8 Å². The molecule has 0 heterocycles. The molecular formula is C14H20N2O2. The van der Waals surface area contributed by atoms with Crippen LogP contribution < -0.4 is 11.1 Å². The van der Waals surface area contributed by atoms with Crippen LogP contribution in [0.3, 0.4) is 0 Å². The Labute approximate surface area is 107 Å². The molecule has 4 N–H and O–H groups in total. The highest BCUT2D eigenvalue weighted by Gasteiger charge is 2.24. The van der Waals surface area contributed by atoms with E-state index in [0.29, 0.717) is 5.92 Å². The van der Waals surface area contributed by atoms with Crippen LogP contribution in [-0.2, 0) is 0 Å². The maximum Gasteiger partial charge on any atom is 0.255 e. The number of amides is 1. The van der Waals surface area contributed by atoms with Gasteiger partial charge in [0.1, 0.15) is 0 Å².